The molecule has 4 nitrogen and oxygen atoms in total. The number of halogens is 1. The zero-order chi connectivity index (χ0) is 19.2. The zero-order valence-electron chi connectivity index (χ0n) is 14.9. The molecule has 7 heteroatoms. The molecule has 3 rings (SSSR count). The fourth-order valence-electron chi connectivity index (χ4n) is 2.70. The van der Waals surface area contributed by atoms with Crippen LogP contribution >= 0.6 is 39.9 Å². The van der Waals surface area contributed by atoms with Crippen molar-refractivity contribution in [2.24, 2.45) is 0 Å². The number of carbonyl (C=O) groups is 1. The Morgan fingerprint density at radius 1 is 1.11 bits per heavy atom. The third-order valence-electron chi connectivity index (χ3n) is 4.19. The molecule has 0 aromatic heterocycles. The number of carbonyl (C=O) groups excluding carboxylic acids is 1. The Hall–Kier alpha value is -1.41. The van der Waals surface area contributed by atoms with Crippen LogP contribution in [0.3, 0.4) is 0 Å². The summed E-state index contributed by atoms with van der Waals surface area (Å²) in [6.45, 7) is 1.52. The van der Waals surface area contributed by atoms with Crippen molar-refractivity contribution in [1.82, 2.24) is 4.90 Å². The monoisotopic (exact) mass is 465 g/mol. The predicted molar refractivity (Wildman–Crippen MR) is 116 cm³/mol. The Kier molecular flexibility index (Phi) is 7.29. The first kappa shape index (κ1) is 20.3. The molecule has 0 radical (unpaired) electrons. The van der Waals surface area contributed by atoms with Gasteiger partial charge in [-0.15, -0.1) is 0 Å². The molecule has 0 saturated carbocycles. The molecule has 27 heavy (non-hydrogen) atoms. The van der Waals surface area contributed by atoms with Gasteiger partial charge in [-0.1, -0.05) is 64.2 Å². The summed E-state index contributed by atoms with van der Waals surface area (Å²) in [4.78, 5) is 14.2. The molecule has 142 valence electrons. The van der Waals surface area contributed by atoms with Crippen molar-refractivity contribution in [2.45, 2.75) is 18.3 Å². The molecule has 0 N–H and O–H groups in total. The van der Waals surface area contributed by atoms with Crippen LogP contribution in [-0.4, -0.2) is 40.6 Å². The van der Waals surface area contributed by atoms with Crippen LogP contribution in [0.5, 0.6) is 5.75 Å². The Morgan fingerprint density at radius 3 is 2.44 bits per heavy atom. The van der Waals surface area contributed by atoms with Gasteiger partial charge in [-0.2, -0.15) is 0 Å². The first-order chi connectivity index (χ1) is 13.1. The maximum Gasteiger partial charge on any atom is 0.242 e. The van der Waals surface area contributed by atoms with E-state index >= 15 is 0 Å². The minimum absolute atomic E-state index is 0.0672. The van der Waals surface area contributed by atoms with Gasteiger partial charge >= 0.3 is 0 Å². The molecule has 1 aliphatic heterocycles. The van der Waals surface area contributed by atoms with E-state index in [0.717, 1.165) is 21.3 Å². The summed E-state index contributed by atoms with van der Waals surface area (Å²) in [6.07, 6.45) is 0.653. The molecular formula is C20H20BrNO3S2. The lowest BCUT2D eigenvalue weighted by Gasteiger charge is -2.14. The second-order valence-corrected chi connectivity index (χ2v) is 8.87. The van der Waals surface area contributed by atoms with Crippen molar-refractivity contribution in [1.29, 1.82) is 0 Å². The van der Waals surface area contributed by atoms with Crippen LogP contribution in [0.25, 0.3) is 0 Å². The summed E-state index contributed by atoms with van der Waals surface area (Å²) >= 11 is 10.2. The van der Waals surface area contributed by atoms with E-state index in [-0.39, 0.29) is 11.2 Å². The van der Waals surface area contributed by atoms with Gasteiger partial charge in [0.15, 0.2) is 0 Å². The van der Waals surface area contributed by atoms with E-state index in [0.29, 0.717) is 30.5 Å². The largest absolute Gasteiger partial charge is 0.489 e. The summed E-state index contributed by atoms with van der Waals surface area (Å²) < 4.78 is 12.6. The third kappa shape index (κ3) is 5.54. The number of methoxy groups -OCH3 is 1. The smallest absolute Gasteiger partial charge is 0.242 e. The molecule has 1 heterocycles. The normalized spacial score (nSPS) is 16.8. The number of nitrogens with zero attached hydrogens (tertiary/aromatic N) is 1. The number of hydrogen-bond donors (Lipinski definition) is 0. The number of thioether (sulfide) groups is 1. The fraction of sp³-hybridized carbons (Fsp3) is 0.300. The van der Waals surface area contributed by atoms with Gasteiger partial charge in [-0.05, 0) is 41.8 Å². The van der Waals surface area contributed by atoms with Gasteiger partial charge in [-0.25, -0.2) is 0 Å². The van der Waals surface area contributed by atoms with E-state index in [1.165, 1.54) is 11.8 Å². The first-order valence-corrected chi connectivity index (χ1v) is 10.6. The number of rotatable bonds is 8. The van der Waals surface area contributed by atoms with Crippen LogP contribution in [0, 0.1) is 0 Å². The topological polar surface area (TPSA) is 38.8 Å². The number of hydrogen-bond acceptors (Lipinski definition) is 5. The van der Waals surface area contributed by atoms with E-state index in [1.54, 1.807) is 12.0 Å². The highest BCUT2D eigenvalue weighted by Gasteiger charge is 2.36. The van der Waals surface area contributed by atoms with Crippen molar-refractivity contribution in [2.75, 3.05) is 20.3 Å². The summed E-state index contributed by atoms with van der Waals surface area (Å²) in [5.74, 6) is 0.877. The lowest BCUT2D eigenvalue weighted by Crippen LogP contribution is -2.34. The Balaban J connectivity index is 1.54. The molecule has 0 aliphatic carbocycles. The SMILES string of the molecule is COCCN1C(=O)[C@@H](Cc2ccc(OCc3ccc(Br)cc3)cc2)SC1=S. The van der Waals surface area contributed by atoms with Crippen molar-refractivity contribution < 1.29 is 14.3 Å². The van der Waals surface area contributed by atoms with Gasteiger partial charge in [0.05, 0.1) is 18.4 Å². The average molecular weight is 466 g/mol. The third-order valence-corrected chi connectivity index (χ3v) is 6.30. The highest BCUT2D eigenvalue weighted by Crippen LogP contribution is 2.30. The van der Waals surface area contributed by atoms with Crippen LogP contribution in [0.4, 0.5) is 0 Å². The van der Waals surface area contributed by atoms with Gasteiger partial charge in [0.25, 0.3) is 0 Å². The average Bonchev–Trinajstić information content (AvgIpc) is 2.94. The number of thiocarbonyl (C=S) groups is 1. The van der Waals surface area contributed by atoms with Gasteiger partial charge in [0, 0.05) is 11.6 Å². The van der Waals surface area contributed by atoms with Crippen molar-refractivity contribution in [3.05, 3.63) is 64.1 Å². The van der Waals surface area contributed by atoms with Crippen molar-refractivity contribution in [3.63, 3.8) is 0 Å². The van der Waals surface area contributed by atoms with E-state index in [1.807, 2.05) is 48.5 Å². The maximum absolute atomic E-state index is 12.5. The molecule has 0 spiro atoms. The van der Waals surface area contributed by atoms with Crippen LogP contribution in [0.15, 0.2) is 53.0 Å². The molecule has 1 saturated heterocycles. The second kappa shape index (κ2) is 9.68. The van der Waals surface area contributed by atoms with Crippen LogP contribution in [0.2, 0.25) is 0 Å². The lowest BCUT2D eigenvalue weighted by molar-refractivity contribution is -0.126. The number of benzene rings is 2. The van der Waals surface area contributed by atoms with E-state index < -0.39 is 0 Å². The highest BCUT2D eigenvalue weighted by atomic mass is 79.9. The van der Waals surface area contributed by atoms with Gasteiger partial charge in [0.1, 0.15) is 16.7 Å². The molecule has 0 bridgehead atoms. The first-order valence-electron chi connectivity index (χ1n) is 8.54. The standard InChI is InChI=1S/C20H20BrNO3S2/c1-24-11-10-22-19(23)18(27-20(22)26)12-14-4-8-17(9-5-14)25-13-15-2-6-16(21)7-3-15/h2-9,18H,10-13H2,1H3/t18-/m1/s1. The minimum atomic E-state index is -0.163. The Labute approximate surface area is 177 Å². The summed E-state index contributed by atoms with van der Waals surface area (Å²) in [5.41, 5.74) is 2.20. The summed E-state index contributed by atoms with van der Waals surface area (Å²) in [6, 6.07) is 16.0. The van der Waals surface area contributed by atoms with E-state index in [9.17, 15) is 4.79 Å². The quantitative estimate of drug-likeness (QED) is 0.538. The van der Waals surface area contributed by atoms with Crippen LogP contribution < -0.4 is 4.74 Å². The second-order valence-electron chi connectivity index (χ2n) is 6.12. The van der Waals surface area contributed by atoms with Crippen molar-refractivity contribution in [3.8, 4) is 5.75 Å². The molecule has 2 aromatic rings. The molecular weight excluding hydrogens is 446 g/mol. The zero-order valence-corrected chi connectivity index (χ0v) is 18.1. The number of ether oxygens (including phenoxy) is 2. The highest BCUT2D eigenvalue weighted by molar-refractivity contribution is 9.10. The summed E-state index contributed by atoms with van der Waals surface area (Å²) in [5, 5.41) is -0.163. The maximum atomic E-state index is 12.5. The van der Waals surface area contributed by atoms with Gasteiger partial charge in [-0.3, -0.25) is 9.69 Å². The molecule has 1 amide bonds. The minimum Gasteiger partial charge on any atom is -0.489 e. The molecule has 1 aliphatic rings. The van der Waals surface area contributed by atoms with Gasteiger partial charge in [0.2, 0.25) is 5.91 Å². The van der Waals surface area contributed by atoms with Gasteiger partial charge < -0.3 is 9.47 Å². The Morgan fingerprint density at radius 2 is 1.78 bits per heavy atom. The lowest BCUT2D eigenvalue weighted by atomic mass is 10.1. The van der Waals surface area contributed by atoms with E-state index in [2.05, 4.69) is 15.9 Å². The molecule has 1 atom stereocenters. The van der Waals surface area contributed by atoms with Crippen LogP contribution in [-0.2, 0) is 22.6 Å². The predicted octanol–water partition coefficient (Wildman–Crippen LogP) is 4.45. The van der Waals surface area contributed by atoms with E-state index in [4.69, 9.17) is 21.7 Å². The molecule has 1 fully saturated rings. The molecule has 0 unspecified atom stereocenters. The fourth-order valence-corrected chi connectivity index (χ4v) is 4.55. The Bertz CT molecular complexity index is 796. The number of amides is 1. The van der Waals surface area contributed by atoms with Crippen LogP contribution in [0.1, 0.15) is 11.1 Å². The summed E-state index contributed by atoms with van der Waals surface area (Å²) in [7, 11) is 1.62. The molecule has 2 aromatic carbocycles. The van der Waals surface area contributed by atoms with Crippen molar-refractivity contribution >= 4 is 50.1 Å².